The van der Waals surface area contributed by atoms with E-state index in [1.165, 1.54) is 0 Å². The molecule has 7 nitrogen and oxygen atoms in total. The van der Waals surface area contributed by atoms with E-state index < -0.39 is 16.9 Å². The number of benzene rings is 3. The molecule has 2 amide bonds. The van der Waals surface area contributed by atoms with Crippen LogP contribution < -0.4 is 15.4 Å². The number of hydrogen-bond acceptors (Lipinski definition) is 5. The monoisotopic (exact) mass is 527 g/mol. The summed E-state index contributed by atoms with van der Waals surface area (Å²) < 4.78 is 5.85. The van der Waals surface area contributed by atoms with Crippen LogP contribution in [0.3, 0.4) is 0 Å². The Hall–Kier alpha value is -3.68. The molecule has 4 aliphatic heterocycles. The molecule has 0 aliphatic carbocycles. The van der Waals surface area contributed by atoms with Gasteiger partial charge in [-0.2, -0.15) is 0 Å². The number of anilines is 2. The highest BCUT2D eigenvalue weighted by Gasteiger charge is 2.81. The predicted molar refractivity (Wildman–Crippen MR) is 144 cm³/mol. The third kappa shape index (κ3) is 2.65. The molecular weight excluding hydrogens is 502 g/mol. The fourth-order valence-corrected chi connectivity index (χ4v) is 7.84. The van der Waals surface area contributed by atoms with Crippen LogP contribution in [0.4, 0.5) is 11.4 Å². The van der Waals surface area contributed by atoms with Crippen LogP contribution in [0.1, 0.15) is 41.3 Å². The average molecular weight is 528 g/mol. The van der Waals surface area contributed by atoms with E-state index in [1.807, 2.05) is 37.3 Å². The number of fused-ring (bicyclic) bond motifs is 7. The summed E-state index contributed by atoms with van der Waals surface area (Å²) in [7, 11) is 0. The smallest absolute Gasteiger partial charge is 0.251 e. The van der Waals surface area contributed by atoms with Gasteiger partial charge in [0.25, 0.3) is 5.91 Å². The molecule has 4 atom stereocenters. The van der Waals surface area contributed by atoms with E-state index in [0.29, 0.717) is 58.4 Å². The summed E-state index contributed by atoms with van der Waals surface area (Å²) in [4.78, 5) is 45.8. The Kier molecular flexibility index (Phi) is 5.03. The van der Waals surface area contributed by atoms with Gasteiger partial charge in [0.15, 0.2) is 5.78 Å². The molecule has 3 aromatic rings. The number of hydrogen-bond donors (Lipinski definition) is 2. The minimum absolute atomic E-state index is 0.196. The number of carbonyl (C=O) groups excluding carboxylic acids is 3. The van der Waals surface area contributed by atoms with Gasteiger partial charge in [0.1, 0.15) is 16.7 Å². The fraction of sp³-hybridized carbons (Fsp3) is 0.300. The zero-order valence-corrected chi connectivity index (χ0v) is 21.5. The Morgan fingerprint density at radius 3 is 2.58 bits per heavy atom. The normalized spacial score (nSPS) is 28.8. The van der Waals surface area contributed by atoms with E-state index in [2.05, 4.69) is 15.5 Å². The van der Waals surface area contributed by atoms with Crippen LogP contribution in [-0.4, -0.2) is 41.7 Å². The molecule has 7 rings (SSSR count). The maximum absolute atomic E-state index is 14.8. The van der Waals surface area contributed by atoms with Gasteiger partial charge >= 0.3 is 0 Å². The maximum atomic E-state index is 14.8. The van der Waals surface area contributed by atoms with Gasteiger partial charge in [-0.05, 0) is 68.3 Å². The van der Waals surface area contributed by atoms with Crippen LogP contribution in [0, 0.1) is 5.92 Å². The number of ketones is 1. The van der Waals surface area contributed by atoms with Crippen molar-refractivity contribution in [1.82, 2.24) is 4.90 Å². The minimum Gasteiger partial charge on any atom is -0.493 e. The number of Topliss-reactive ketones (excluding diaryl/α,β-unsaturated/α-hetero) is 1. The minimum atomic E-state index is -1.51. The molecule has 2 N–H and O–H groups in total. The standard InChI is InChI=1S/C30H26ClN3O4/c1-2-38-24-12-6-3-8-18(24)26(35)25-23-11-7-15-34(23)30(20-16-17(31)13-14-22(20)33-28(30)37)29(25)19-9-4-5-10-21(19)32-27(29)36/h3-6,8-10,12-14,16,23,25H,2,7,11,15H2,1H3,(H,32,36)(H,33,37)/t23-,25-,29+,30-/m0/s1. The van der Waals surface area contributed by atoms with E-state index in [4.69, 9.17) is 16.3 Å². The van der Waals surface area contributed by atoms with E-state index >= 15 is 0 Å². The third-order valence-electron chi connectivity index (χ3n) is 8.79. The van der Waals surface area contributed by atoms with Gasteiger partial charge in [0.2, 0.25) is 5.91 Å². The van der Waals surface area contributed by atoms with Crippen LogP contribution in [0.5, 0.6) is 5.75 Å². The van der Waals surface area contributed by atoms with E-state index in [9.17, 15) is 14.4 Å². The first-order valence-corrected chi connectivity index (χ1v) is 13.4. The molecule has 192 valence electrons. The molecular formula is C30H26ClN3O4. The summed E-state index contributed by atoms with van der Waals surface area (Å²) >= 11 is 6.52. The Morgan fingerprint density at radius 2 is 1.74 bits per heavy atom. The highest BCUT2D eigenvalue weighted by molar-refractivity contribution is 6.31. The van der Waals surface area contributed by atoms with Crippen molar-refractivity contribution in [3.05, 3.63) is 88.4 Å². The second-order valence-electron chi connectivity index (χ2n) is 10.3. The lowest BCUT2D eigenvalue weighted by atomic mass is 9.57. The summed E-state index contributed by atoms with van der Waals surface area (Å²) in [5.74, 6) is -1.19. The van der Waals surface area contributed by atoms with Gasteiger partial charge in [-0.1, -0.05) is 41.9 Å². The molecule has 3 aromatic carbocycles. The van der Waals surface area contributed by atoms with Crippen molar-refractivity contribution in [2.45, 2.75) is 36.8 Å². The number of para-hydroxylation sites is 2. The van der Waals surface area contributed by atoms with Crippen molar-refractivity contribution in [2.24, 2.45) is 5.92 Å². The first-order valence-electron chi connectivity index (χ1n) is 13.0. The lowest BCUT2D eigenvalue weighted by Crippen LogP contribution is -2.62. The maximum Gasteiger partial charge on any atom is 0.251 e. The van der Waals surface area contributed by atoms with Crippen LogP contribution in [-0.2, 0) is 20.5 Å². The average Bonchev–Trinajstić information content (AvgIpc) is 3.63. The van der Waals surface area contributed by atoms with Gasteiger partial charge in [-0.25, -0.2) is 0 Å². The summed E-state index contributed by atoms with van der Waals surface area (Å²) in [6, 6.07) is 19.5. The van der Waals surface area contributed by atoms with E-state index in [1.54, 1.807) is 36.4 Å². The molecule has 4 heterocycles. The predicted octanol–water partition coefficient (Wildman–Crippen LogP) is 4.75. The van der Waals surface area contributed by atoms with Crippen LogP contribution in [0.15, 0.2) is 66.7 Å². The Labute approximate surface area is 225 Å². The Bertz CT molecular complexity index is 1540. The zero-order valence-electron chi connectivity index (χ0n) is 20.8. The number of rotatable bonds is 4. The number of ether oxygens (including phenoxy) is 1. The molecule has 2 fully saturated rings. The number of amides is 2. The summed E-state index contributed by atoms with van der Waals surface area (Å²) in [5, 5.41) is 6.57. The van der Waals surface area contributed by atoms with Gasteiger partial charge < -0.3 is 15.4 Å². The molecule has 38 heavy (non-hydrogen) atoms. The van der Waals surface area contributed by atoms with E-state index in [-0.39, 0.29) is 23.6 Å². The third-order valence-corrected chi connectivity index (χ3v) is 9.03. The van der Waals surface area contributed by atoms with Crippen molar-refractivity contribution in [2.75, 3.05) is 23.8 Å². The topological polar surface area (TPSA) is 87.7 Å². The Morgan fingerprint density at radius 1 is 1.00 bits per heavy atom. The second kappa shape index (κ2) is 8.16. The van der Waals surface area contributed by atoms with Gasteiger partial charge in [0, 0.05) is 28.0 Å². The fourth-order valence-electron chi connectivity index (χ4n) is 7.67. The number of nitrogens with zero attached hydrogens (tertiary/aromatic N) is 1. The first-order chi connectivity index (χ1) is 18.5. The van der Waals surface area contributed by atoms with Crippen molar-refractivity contribution in [1.29, 1.82) is 0 Å². The molecule has 0 unspecified atom stereocenters. The number of halogens is 1. The highest BCUT2D eigenvalue weighted by atomic mass is 35.5. The molecule has 8 heteroatoms. The first kappa shape index (κ1) is 23.4. The molecule has 0 bridgehead atoms. The number of nitrogens with one attached hydrogen (secondary N) is 2. The lowest BCUT2D eigenvalue weighted by molar-refractivity contribution is -0.137. The van der Waals surface area contributed by atoms with Crippen molar-refractivity contribution in [3.8, 4) is 5.75 Å². The van der Waals surface area contributed by atoms with Gasteiger partial charge in [-0.3, -0.25) is 19.3 Å². The second-order valence-corrected chi connectivity index (χ2v) is 10.8. The van der Waals surface area contributed by atoms with Crippen molar-refractivity contribution >= 4 is 40.6 Å². The summed E-state index contributed by atoms with van der Waals surface area (Å²) in [5.41, 5.74) is 0.0137. The SMILES string of the molecule is CCOc1ccccc1C(=O)[C@@H]1[C@@H]2CCCN2[C@@]2(C(=O)Nc3ccc(Cl)cc32)[C@@]12C(=O)Nc1ccccc12. The molecule has 2 saturated heterocycles. The largest absolute Gasteiger partial charge is 0.493 e. The quantitative estimate of drug-likeness (QED) is 0.478. The lowest BCUT2D eigenvalue weighted by Gasteiger charge is -2.43. The molecule has 2 spiro atoms. The summed E-state index contributed by atoms with van der Waals surface area (Å²) in [6.07, 6.45) is 1.50. The van der Waals surface area contributed by atoms with Crippen LogP contribution in [0.2, 0.25) is 5.02 Å². The molecule has 0 radical (unpaired) electrons. The van der Waals surface area contributed by atoms with Crippen LogP contribution in [0.25, 0.3) is 0 Å². The van der Waals surface area contributed by atoms with Gasteiger partial charge in [-0.15, -0.1) is 0 Å². The summed E-state index contributed by atoms with van der Waals surface area (Å²) in [6.45, 7) is 2.85. The van der Waals surface area contributed by atoms with Crippen LogP contribution >= 0.6 is 11.6 Å². The van der Waals surface area contributed by atoms with Crippen molar-refractivity contribution in [3.63, 3.8) is 0 Å². The molecule has 0 aromatic heterocycles. The van der Waals surface area contributed by atoms with Gasteiger partial charge in [0.05, 0.1) is 18.1 Å². The zero-order chi connectivity index (χ0) is 26.2. The molecule has 4 aliphatic rings. The highest BCUT2D eigenvalue weighted by Crippen LogP contribution is 2.68. The number of carbonyl (C=O) groups is 3. The van der Waals surface area contributed by atoms with E-state index in [0.717, 1.165) is 6.42 Å². The molecule has 0 saturated carbocycles. The Balaban J connectivity index is 1.58. The van der Waals surface area contributed by atoms with Crippen molar-refractivity contribution < 1.29 is 19.1 Å².